The molecule has 0 bridgehead atoms. The Bertz CT molecular complexity index is 473. The quantitative estimate of drug-likeness (QED) is 0.840. The molecule has 20 heavy (non-hydrogen) atoms. The van der Waals surface area contributed by atoms with Gasteiger partial charge in [-0.3, -0.25) is 0 Å². The summed E-state index contributed by atoms with van der Waals surface area (Å²) < 4.78 is 10.3. The normalized spacial score (nSPS) is 19.1. The van der Waals surface area contributed by atoms with Gasteiger partial charge in [0, 0.05) is 6.04 Å². The summed E-state index contributed by atoms with van der Waals surface area (Å²) in [5, 5.41) is 3.51. The Morgan fingerprint density at radius 2 is 2.30 bits per heavy atom. The lowest BCUT2D eigenvalue weighted by Crippen LogP contribution is -2.26. The predicted octanol–water partition coefficient (Wildman–Crippen LogP) is 2.61. The Kier molecular flexibility index (Phi) is 5.01. The molecule has 0 heterocycles. The molecular formula is C16H23NO3. The molecule has 4 nitrogen and oxygen atoms in total. The van der Waals surface area contributed by atoms with E-state index in [2.05, 4.69) is 29.1 Å². The van der Waals surface area contributed by atoms with Crippen LogP contribution in [0.15, 0.2) is 18.2 Å². The van der Waals surface area contributed by atoms with Crippen LogP contribution >= 0.6 is 0 Å². The Morgan fingerprint density at radius 3 is 3.00 bits per heavy atom. The van der Waals surface area contributed by atoms with E-state index in [0.29, 0.717) is 6.04 Å². The minimum absolute atomic E-state index is 0.353. The van der Waals surface area contributed by atoms with Crippen LogP contribution in [0, 0.1) is 0 Å². The zero-order valence-electron chi connectivity index (χ0n) is 12.4. The maximum absolute atomic E-state index is 11.4. The Labute approximate surface area is 120 Å². The number of rotatable bonds is 5. The number of hydrogen-bond acceptors (Lipinski definition) is 4. The first kappa shape index (κ1) is 14.9. The van der Waals surface area contributed by atoms with Crippen LogP contribution in [0.5, 0.6) is 5.75 Å². The lowest BCUT2D eigenvalue weighted by molar-refractivity contribution is -0.147. The second-order valence-electron chi connectivity index (χ2n) is 5.15. The van der Waals surface area contributed by atoms with Crippen LogP contribution in [0.3, 0.4) is 0 Å². The molecule has 0 aliphatic heterocycles. The fourth-order valence-electron chi connectivity index (χ4n) is 2.74. The molecule has 110 valence electrons. The van der Waals surface area contributed by atoms with Crippen LogP contribution in [0.4, 0.5) is 0 Å². The summed E-state index contributed by atoms with van der Waals surface area (Å²) >= 11 is 0. The minimum Gasteiger partial charge on any atom is -0.479 e. The van der Waals surface area contributed by atoms with Gasteiger partial charge in [0.2, 0.25) is 0 Å². The molecule has 2 atom stereocenters. The van der Waals surface area contributed by atoms with Crippen molar-refractivity contribution >= 4 is 5.97 Å². The van der Waals surface area contributed by atoms with E-state index in [1.807, 2.05) is 6.07 Å². The molecule has 0 spiro atoms. The SMILES string of the molecule is CCNC1CCCc2cc(OC(C)C(=O)OC)ccc21. The molecule has 2 unspecified atom stereocenters. The number of nitrogens with one attached hydrogen (secondary N) is 1. The number of benzene rings is 1. The van der Waals surface area contributed by atoms with Crippen molar-refractivity contribution in [2.75, 3.05) is 13.7 Å². The van der Waals surface area contributed by atoms with Gasteiger partial charge >= 0.3 is 5.97 Å². The van der Waals surface area contributed by atoms with Crippen molar-refractivity contribution in [2.45, 2.75) is 45.3 Å². The molecular weight excluding hydrogens is 254 g/mol. The molecule has 4 heteroatoms. The van der Waals surface area contributed by atoms with Crippen LogP contribution in [-0.4, -0.2) is 25.7 Å². The van der Waals surface area contributed by atoms with Crippen molar-refractivity contribution in [1.82, 2.24) is 5.32 Å². The van der Waals surface area contributed by atoms with Gasteiger partial charge in [0.1, 0.15) is 5.75 Å². The standard InChI is InChI=1S/C16H23NO3/c1-4-17-15-7-5-6-12-10-13(8-9-14(12)15)20-11(2)16(18)19-3/h8-11,15,17H,4-7H2,1-3H3. The molecule has 1 aliphatic rings. The molecule has 0 radical (unpaired) electrons. The minimum atomic E-state index is -0.578. The molecule has 0 amide bonds. The highest BCUT2D eigenvalue weighted by Gasteiger charge is 2.21. The highest BCUT2D eigenvalue weighted by molar-refractivity contribution is 5.74. The fourth-order valence-corrected chi connectivity index (χ4v) is 2.74. The van der Waals surface area contributed by atoms with Crippen molar-refractivity contribution in [2.24, 2.45) is 0 Å². The first-order chi connectivity index (χ1) is 9.65. The van der Waals surface area contributed by atoms with E-state index in [9.17, 15) is 4.79 Å². The third kappa shape index (κ3) is 3.31. The summed E-state index contributed by atoms with van der Waals surface area (Å²) in [6, 6.07) is 6.55. The van der Waals surface area contributed by atoms with Crippen molar-refractivity contribution in [3.05, 3.63) is 29.3 Å². The number of hydrogen-bond donors (Lipinski definition) is 1. The summed E-state index contributed by atoms with van der Waals surface area (Å²) in [6.45, 7) is 4.80. The van der Waals surface area contributed by atoms with Gasteiger partial charge in [-0.15, -0.1) is 0 Å². The number of methoxy groups -OCH3 is 1. The fraction of sp³-hybridized carbons (Fsp3) is 0.562. The zero-order chi connectivity index (χ0) is 14.5. The van der Waals surface area contributed by atoms with Gasteiger partial charge in [-0.25, -0.2) is 4.79 Å². The summed E-state index contributed by atoms with van der Waals surface area (Å²) in [7, 11) is 1.37. The van der Waals surface area contributed by atoms with Crippen molar-refractivity contribution in [3.63, 3.8) is 0 Å². The highest BCUT2D eigenvalue weighted by Crippen LogP contribution is 2.32. The number of aryl methyl sites for hydroxylation is 1. The van der Waals surface area contributed by atoms with E-state index in [1.54, 1.807) is 6.92 Å². The van der Waals surface area contributed by atoms with Crippen molar-refractivity contribution in [3.8, 4) is 5.75 Å². The second kappa shape index (κ2) is 6.75. The number of carbonyl (C=O) groups excluding carboxylic acids is 1. The van der Waals surface area contributed by atoms with Crippen LogP contribution < -0.4 is 10.1 Å². The number of ether oxygens (including phenoxy) is 2. The van der Waals surface area contributed by atoms with E-state index in [0.717, 1.165) is 18.7 Å². The molecule has 0 fully saturated rings. The van der Waals surface area contributed by atoms with E-state index >= 15 is 0 Å². The highest BCUT2D eigenvalue weighted by atomic mass is 16.6. The summed E-state index contributed by atoms with van der Waals surface area (Å²) in [6.07, 6.45) is 2.85. The zero-order valence-corrected chi connectivity index (χ0v) is 12.4. The van der Waals surface area contributed by atoms with Gasteiger partial charge in [0.15, 0.2) is 6.10 Å². The largest absolute Gasteiger partial charge is 0.479 e. The van der Waals surface area contributed by atoms with Gasteiger partial charge in [0.25, 0.3) is 0 Å². The molecule has 1 aliphatic carbocycles. The molecule has 0 saturated heterocycles. The molecule has 2 rings (SSSR count). The summed E-state index contributed by atoms with van der Waals surface area (Å²) in [4.78, 5) is 11.4. The smallest absolute Gasteiger partial charge is 0.346 e. The van der Waals surface area contributed by atoms with Gasteiger partial charge in [-0.05, 0) is 56.0 Å². The third-order valence-electron chi connectivity index (χ3n) is 3.73. The lowest BCUT2D eigenvalue weighted by atomic mass is 9.87. The van der Waals surface area contributed by atoms with Crippen LogP contribution in [-0.2, 0) is 16.0 Å². The average molecular weight is 277 g/mol. The number of esters is 1. The average Bonchev–Trinajstić information content (AvgIpc) is 2.46. The molecule has 0 saturated carbocycles. The maximum atomic E-state index is 11.4. The van der Waals surface area contributed by atoms with Gasteiger partial charge in [-0.2, -0.15) is 0 Å². The monoisotopic (exact) mass is 277 g/mol. The summed E-state index contributed by atoms with van der Waals surface area (Å²) in [5.41, 5.74) is 2.67. The van der Waals surface area contributed by atoms with Crippen LogP contribution in [0.1, 0.15) is 43.9 Å². The van der Waals surface area contributed by atoms with Crippen molar-refractivity contribution in [1.29, 1.82) is 0 Å². The van der Waals surface area contributed by atoms with E-state index in [4.69, 9.17) is 4.74 Å². The van der Waals surface area contributed by atoms with E-state index in [-0.39, 0.29) is 5.97 Å². The first-order valence-corrected chi connectivity index (χ1v) is 7.26. The molecule has 1 aromatic rings. The Balaban J connectivity index is 2.13. The first-order valence-electron chi connectivity index (χ1n) is 7.26. The maximum Gasteiger partial charge on any atom is 0.346 e. The third-order valence-corrected chi connectivity index (χ3v) is 3.73. The summed E-state index contributed by atoms with van der Waals surface area (Å²) in [5.74, 6) is 0.382. The van der Waals surface area contributed by atoms with Gasteiger partial charge < -0.3 is 14.8 Å². The predicted molar refractivity (Wildman–Crippen MR) is 77.9 cm³/mol. The number of fused-ring (bicyclic) bond motifs is 1. The van der Waals surface area contributed by atoms with Crippen molar-refractivity contribution < 1.29 is 14.3 Å². The van der Waals surface area contributed by atoms with Crippen LogP contribution in [0.2, 0.25) is 0 Å². The number of carbonyl (C=O) groups is 1. The van der Waals surface area contributed by atoms with Crippen LogP contribution in [0.25, 0.3) is 0 Å². The van der Waals surface area contributed by atoms with Gasteiger partial charge in [-0.1, -0.05) is 13.0 Å². The lowest BCUT2D eigenvalue weighted by Gasteiger charge is -2.26. The molecule has 1 N–H and O–H groups in total. The Hall–Kier alpha value is -1.55. The molecule has 0 aromatic heterocycles. The second-order valence-corrected chi connectivity index (χ2v) is 5.15. The van der Waals surface area contributed by atoms with E-state index in [1.165, 1.54) is 31.1 Å². The van der Waals surface area contributed by atoms with E-state index < -0.39 is 6.10 Å². The topological polar surface area (TPSA) is 47.6 Å². The van der Waals surface area contributed by atoms with Gasteiger partial charge in [0.05, 0.1) is 7.11 Å². The Morgan fingerprint density at radius 1 is 1.50 bits per heavy atom. The molecule has 1 aromatic carbocycles.